The van der Waals surface area contributed by atoms with E-state index in [1.54, 1.807) is 6.08 Å². The fourth-order valence-electron chi connectivity index (χ4n) is 6.37. The van der Waals surface area contributed by atoms with Crippen LogP contribution in [0.15, 0.2) is 85.1 Å². The molecule has 3 atom stereocenters. The molecule has 6 nitrogen and oxygen atoms in total. The first kappa shape index (κ1) is 53.0. The first-order valence-corrected chi connectivity index (χ1v) is 22.9. The van der Waals surface area contributed by atoms with E-state index < -0.39 is 18.2 Å². The van der Waals surface area contributed by atoms with Gasteiger partial charge in [-0.2, -0.15) is 0 Å². The summed E-state index contributed by atoms with van der Waals surface area (Å²) < 4.78 is 5.75. The summed E-state index contributed by atoms with van der Waals surface area (Å²) in [5.41, 5.74) is 0. The minimum atomic E-state index is -0.825. The molecule has 0 aliphatic rings. The first-order chi connectivity index (χ1) is 27.5. The summed E-state index contributed by atoms with van der Waals surface area (Å²) in [6, 6.07) is -0.749. The highest BCUT2D eigenvalue weighted by molar-refractivity contribution is 5.78. The third kappa shape index (κ3) is 37.9. The van der Waals surface area contributed by atoms with Gasteiger partial charge in [-0.25, -0.2) is 0 Å². The third-order valence-electron chi connectivity index (χ3n) is 9.83. The second-order valence-electron chi connectivity index (χ2n) is 15.2. The number of hydrogen-bond donors (Lipinski definition) is 3. The number of ether oxygens (including phenoxy) is 1. The number of esters is 1. The fourth-order valence-corrected chi connectivity index (χ4v) is 6.37. The Morgan fingerprint density at radius 2 is 1.07 bits per heavy atom. The summed E-state index contributed by atoms with van der Waals surface area (Å²) in [7, 11) is 0. The number of aliphatic hydroxyl groups excluding tert-OH is 2. The van der Waals surface area contributed by atoms with E-state index in [-0.39, 0.29) is 31.3 Å². The standard InChI is InChI=1S/C50H85NO5/c1-4-7-10-13-16-19-22-24-27-30-33-36-39-42-48(53)47(45-52)51-49(54)44-46(41-38-35-32-29-26-21-18-15-12-9-6-3)56-50(55)43-40-37-34-31-28-25-23-20-17-14-11-8-5-2/h8,11,14,17,20,23,25,28-29,31-32,34,38,41,46-48,52-53H,4-7,9-10,12-13,15-16,18-19,21-22,24,26-27,30,33,35-37,39-40,42-45H2,1-3H3,(H,51,54)/b11-8+,17-14+,23-20-,28-25-,32-29-,34-31+,41-38+. The smallest absolute Gasteiger partial charge is 0.306 e. The van der Waals surface area contributed by atoms with Crippen molar-refractivity contribution in [3.05, 3.63) is 85.1 Å². The molecule has 0 heterocycles. The highest BCUT2D eigenvalue weighted by atomic mass is 16.5. The van der Waals surface area contributed by atoms with Crippen LogP contribution < -0.4 is 5.32 Å². The summed E-state index contributed by atoms with van der Waals surface area (Å²) in [6.07, 6.45) is 55.3. The van der Waals surface area contributed by atoms with Gasteiger partial charge in [-0.05, 0) is 51.0 Å². The van der Waals surface area contributed by atoms with Gasteiger partial charge in [0.25, 0.3) is 0 Å². The van der Waals surface area contributed by atoms with Crippen LogP contribution >= 0.6 is 0 Å². The van der Waals surface area contributed by atoms with Gasteiger partial charge in [0.1, 0.15) is 6.10 Å². The first-order valence-electron chi connectivity index (χ1n) is 22.9. The Bertz CT molecular complexity index is 1100. The zero-order valence-corrected chi connectivity index (χ0v) is 36.2. The van der Waals surface area contributed by atoms with Gasteiger partial charge in [0, 0.05) is 6.42 Å². The largest absolute Gasteiger partial charge is 0.458 e. The van der Waals surface area contributed by atoms with E-state index in [0.717, 1.165) is 38.5 Å². The number of carbonyl (C=O) groups is 2. The van der Waals surface area contributed by atoms with Crippen molar-refractivity contribution in [2.75, 3.05) is 6.61 Å². The minimum Gasteiger partial charge on any atom is -0.458 e. The van der Waals surface area contributed by atoms with Crippen molar-refractivity contribution in [1.82, 2.24) is 5.32 Å². The lowest BCUT2D eigenvalue weighted by atomic mass is 10.0. The number of rotatable bonds is 39. The molecule has 0 aromatic rings. The topological polar surface area (TPSA) is 95.9 Å². The predicted octanol–water partition coefficient (Wildman–Crippen LogP) is 13.2. The number of unbranched alkanes of at least 4 members (excludes halogenated alkanes) is 19. The Hall–Kier alpha value is -2.96. The van der Waals surface area contributed by atoms with E-state index in [2.05, 4.69) is 44.3 Å². The highest BCUT2D eigenvalue weighted by Crippen LogP contribution is 2.15. The number of hydrogen-bond acceptors (Lipinski definition) is 5. The predicted molar refractivity (Wildman–Crippen MR) is 241 cm³/mol. The summed E-state index contributed by atoms with van der Waals surface area (Å²) in [6.45, 7) is 6.25. The molecule has 0 saturated heterocycles. The lowest BCUT2D eigenvalue weighted by Gasteiger charge is -2.23. The van der Waals surface area contributed by atoms with Crippen LogP contribution in [0.1, 0.15) is 194 Å². The molecule has 0 aromatic carbocycles. The van der Waals surface area contributed by atoms with Crippen LogP contribution in [-0.4, -0.2) is 46.9 Å². The molecule has 6 heteroatoms. The average molecular weight is 780 g/mol. The molecule has 3 unspecified atom stereocenters. The number of aliphatic hydroxyl groups is 2. The van der Waals surface area contributed by atoms with Gasteiger partial charge in [-0.3, -0.25) is 9.59 Å². The Kier molecular flexibility index (Phi) is 40.9. The van der Waals surface area contributed by atoms with Crippen molar-refractivity contribution in [2.45, 2.75) is 212 Å². The maximum atomic E-state index is 13.1. The van der Waals surface area contributed by atoms with Crippen LogP contribution in [0, 0.1) is 0 Å². The molecular weight excluding hydrogens is 695 g/mol. The Morgan fingerprint density at radius 1 is 0.571 bits per heavy atom. The highest BCUT2D eigenvalue weighted by Gasteiger charge is 2.23. The number of allylic oxidation sites excluding steroid dienone is 13. The molecular formula is C50H85NO5. The van der Waals surface area contributed by atoms with Crippen molar-refractivity contribution in [3.63, 3.8) is 0 Å². The van der Waals surface area contributed by atoms with Gasteiger partial charge < -0.3 is 20.3 Å². The van der Waals surface area contributed by atoms with Gasteiger partial charge in [-0.15, -0.1) is 0 Å². The van der Waals surface area contributed by atoms with Crippen molar-refractivity contribution in [1.29, 1.82) is 0 Å². The Morgan fingerprint density at radius 3 is 1.62 bits per heavy atom. The van der Waals surface area contributed by atoms with Crippen LogP contribution in [-0.2, 0) is 14.3 Å². The second-order valence-corrected chi connectivity index (χ2v) is 15.2. The van der Waals surface area contributed by atoms with Gasteiger partial charge in [-0.1, -0.05) is 215 Å². The second kappa shape index (κ2) is 43.2. The quantitative estimate of drug-likeness (QED) is 0.0250. The van der Waals surface area contributed by atoms with Crippen LogP contribution in [0.2, 0.25) is 0 Å². The summed E-state index contributed by atoms with van der Waals surface area (Å²) in [4.78, 5) is 25.9. The molecule has 0 aromatic heterocycles. The summed E-state index contributed by atoms with van der Waals surface area (Å²) in [5, 5.41) is 23.6. The molecule has 0 spiro atoms. The number of nitrogens with one attached hydrogen (secondary N) is 1. The van der Waals surface area contributed by atoms with Crippen molar-refractivity contribution >= 4 is 11.9 Å². The van der Waals surface area contributed by atoms with E-state index >= 15 is 0 Å². The maximum Gasteiger partial charge on any atom is 0.306 e. The minimum absolute atomic E-state index is 0.0615. The molecule has 0 fully saturated rings. The van der Waals surface area contributed by atoms with E-state index in [4.69, 9.17) is 4.74 Å². The lowest BCUT2D eigenvalue weighted by Crippen LogP contribution is -2.46. The van der Waals surface area contributed by atoms with Gasteiger partial charge >= 0.3 is 5.97 Å². The number of amides is 1. The van der Waals surface area contributed by atoms with E-state index in [9.17, 15) is 19.8 Å². The SMILES string of the molecule is CC/C=C/C=C/C=C\C=C/C=C/CCCC(=O)OC(/C=C/C/C=C\CCCCCCCC)CC(=O)NC(CO)C(O)CCCCCCCCCCCCCCC. The third-order valence-corrected chi connectivity index (χ3v) is 9.83. The molecule has 1 amide bonds. The Balaban J connectivity index is 4.78. The molecule has 0 aliphatic carbocycles. The van der Waals surface area contributed by atoms with Gasteiger partial charge in [0.05, 0.1) is 25.2 Å². The molecule has 0 rings (SSSR count). The molecule has 0 aliphatic heterocycles. The van der Waals surface area contributed by atoms with Gasteiger partial charge in [0.15, 0.2) is 0 Å². The van der Waals surface area contributed by atoms with Gasteiger partial charge in [0.2, 0.25) is 5.91 Å². The molecule has 56 heavy (non-hydrogen) atoms. The van der Waals surface area contributed by atoms with Crippen LogP contribution in [0.5, 0.6) is 0 Å². The average Bonchev–Trinajstić information content (AvgIpc) is 3.19. The van der Waals surface area contributed by atoms with E-state index in [1.807, 2.05) is 60.8 Å². The van der Waals surface area contributed by atoms with Crippen molar-refractivity contribution in [3.8, 4) is 0 Å². The summed E-state index contributed by atoms with van der Waals surface area (Å²) >= 11 is 0. The zero-order chi connectivity index (χ0) is 41.0. The van der Waals surface area contributed by atoms with Crippen LogP contribution in [0.4, 0.5) is 0 Å². The van der Waals surface area contributed by atoms with E-state index in [0.29, 0.717) is 19.3 Å². The molecule has 3 N–H and O–H groups in total. The summed E-state index contributed by atoms with van der Waals surface area (Å²) in [5.74, 6) is -0.700. The zero-order valence-electron chi connectivity index (χ0n) is 36.2. The van der Waals surface area contributed by atoms with Crippen LogP contribution in [0.25, 0.3) is 0 Å². The fraction of sp³-hybridized carbons (Fsp3) is 0.680. The Labute approximate surface area is 344 Å². The van der Waals surface area contributed by atoms with Crippen LogP contribution in [0.3, 0.4) is 0 Å². The monoisotopic (exact) mass is 780 g/mol. The maximum absolute atomic E-state index is 13.1. The van der Waals surface area contributed by atoms with Crippen molar-refractivity contribution in [2.24, 2.45) is 0 Å². The molecule has 0 radical (unpaired) electrons. The normalized spacial score (nSPS) is 14.2. The molecule has 0 saturated carbocycles. The lowest BCUT2D eigenvalue weighted by molar-refractivity contribution is -0.148. The van der Waals surface area contributed by atoms with Crippen molar-refractivity contribution < 1.29 is 24.5 Å². The molecule has 0 bridgehead atoms. The van der Waals surface area contributed by atoms with E-state index in [1.165, 1.54) is 103 Å². The molecule has 320 valence electrons. The number of carbonyl (C=O) groups excluding carboxylic acids is 2.